The van der Waals surface area contributed by atoms with Gasteiger partial charge in [0.05, 0.1) is 11.4 Å². The van der Waals surface area contributed by atoms with Crippen LogP contribution in [0.1, 0.15) is 25.7 Å². The van der Waals surface area contributed by atoms with E-state index in [1.807, 2.05) is 30.0 Å². The van der Waals surface area contributed by atoms with Gasteiger partial charge < -0.3 is 11.1 Å². The highest BCUT2D eigenvalue weighted by atomic mass is 32.2. The van der Waals surface area contributed by atoms with Gasteiger partial charge in [-0.05, 0) is 53.6 Å². The minimum atomic E-state index is 0.0325. The number of fused-ring (bicyclic) bond motifs is 1. The minimum absolute atomic E-state index is 0.0325. The Kier molecular flexibility index (Phi) is 6.56. The third-order valence-electron chi connectivity index (χ3n) is 4.27. The van der Waals surface area contributed by atoms with Crippen molar-refractivity contribution in [3.05, 3.63) is 66.7 Å². The van der Waals surface area contributed by atoms with E-state index in [0.29, 0.717) is 17.8 Å². The molecule has 0 heterocycles. The molecule has 0 aliphatic heterocycles. The van der Waals surface area contributed by atoms with Crippen molar-refractivity contribution in [1.29, 1.82) is 0 Å². The molecule has 0 bridgehead atoms. The van der Waals surface area contributed by atoms with Gasteiger partial charge in [-0.2, -0.15) is 0 Å². The highest BCUT2D eigenvalue weighted by molar-refractivity contribution is 7.99. The molecule has 0 unspecified atom stereocenters. The van der Waals surface area contributed by atoms with Crippen LogP contribution in [0.4, 0.5) is 11.4 Å². The number of hydrogen-bond acceptors (Lipinski definition) is 3. The van der Waals surface area contributed by atoms with Crippen LogP contribution in [-0.4, -0.2) is 11.7 Å². The van der Waals surface area contributed by atoms with E-state index in [1.165, 1.54) is 15.7 Å². The van der Waals surface area contributed by atoms with E-state index in [9.17, 15) is 4.79 Å². The third-order valence-corrected chi connectivity index (χ3v) is 5.35. The number of nitrogens with one attached hydrogen (secondary N) is 1. The molecule has 134 valence electrons. The van der Waals surface area contributed by atoms with Gasteiger partial charge >= 0.3 is 0 Å². The highest BCUT2D eigenvalue weighted by Gasteiger charge is 2.04. The number of carbonyl (C=O) groups is 1. The van der Waals surface area contributed by atoms with Crippen molar-refractivity contribution >= 4 is 39.8 Å². The Morgan fingerprint density at radius 3 is 2.50 bits per heavy atom. The molecule has 0 saturated carbocycles. The second-order valence-corrected chi connectivity index (χ2v) is 7.47. The van der Waals surface area contributed by atoms with Crippen LogP contribution in [0.5, 0.6) is 0 Å². The SMILES string of the molecule is Nc1ccccc1NC(=O)CCCCCSc1ccc2ccccc2c1. The molecular formula is C22H24N2OS. The van der Waals surface area contributed by atoms with E-state index >= 15 is 0 Å². The first-order valence-electron chi connectivity index (χ1n) is 8.98. The van der Waals surface area contributed by atoms with Crippen LogP contribution in [0.15, 0.2) is 71.6 Å². The summed E-state index contributed by atoms with van der Waals surface area (Å²) in [7, 11) is 0. The number of amides is 1. The molecule has 0 spiro atoms. The number of hydrogen-bond donors (Lipinski definition) is 2. The zero-order chi connectivity index (χ0) is 18.2. The normalized spacial score (nSPS) is 10.8. The number of carbonyl (C=O) groups excluding carboxylic acids is 1. The summed E-state index contributed by atoms with van der Waals surface area (Å²) < 4.78 is 0. The van der Waals surface area contributed by atoms with E-state index in [-0.39, 0.29) is 5.91 Å². The van der Waals surface area contributed by atoms with Crippen LogP contribution >= 0.6 is 11.8 Å². The van der Waals surface area contributed by atoms with E-state index in [0.717, 1.165) is 25.0 Å². The largest absolute Gasteiger partial charge is 0.397 e. The molecule has 0 aliphatic rings. The molecule has 0 fully saturated rings. The molecule has 0 saturated heterocycles. The number of unbranched alkanes of at least 4 members (excludes halogenated alkanes) is 2. The van der Waals surface area contributed by atoms with Crippen LogP contribution in [-0.2, 0) is 4.79 Å². The first-order valence-corrected chi connectivity index (χ1v) is 9.97. The average molecular weight is 365 g/mol. The van der Waals surface area contributed by atoms with Crippen molar-refractivity contribution in [2.75, 3.05) is 16.8 Å². The molecule has 0 radical (unpaired) electrons. The van der Waals surface area contributed by atoms with Crippen molar-refractivity contribution in [1.82, 2.24) is 0 Å². The predicted molar refractivity (Wildman–Crippen MR) is 113 cm³/mol. The minimum Gasteiger partial charge on any atom is -0.397 e. The number of thioether (sulfide) groups is 1. The summed E-state index contributed by atoms with van der Waals surface area (Å²) in [5.74, 6) is 1.11. The monoisotopic (exact) mass is 364 g/mol. The lowest BCUT2D eigenvalue weighted by molar-refractivity contribution is -0.116. The van der Waals surface area contributed by atoms with Crippen LogP contribution in [0.25, 0.3) is 10.8 Å². The fraction of sp³-hybridized carbons (Fsp3) is 0.227. The third kappa shape index (κ3) is 5.27. The van der Waals surface area contributed by atoms with Crippen molar-refractivity contribution in [2.45, 2.75) is 30.6 Å². The molecule has 3 aromatic rings. The van der Waals surface area contributed by atoms with Crippen molar-refractivity contribution in [2.24, 2.45) is 0 Å². The number of benzene rings is 3. The number of rotatable bonds is 8. The molecule has 1 amide bonds. The molecule has 3 rings (SSSR count). The van der Waals surface area contributed by atoms with Crippen LogP contribution in [0.3, 0.4) is 0 Å². The van der Waals surface area contributed by atoms with Crippen molar-refractivity contribution < 1.29 is 4.79 Å². The Morgan fingerprint density at radius 1 is 0.885 bits per heavy atom. The van der Waals surface area contributed by atoms with Gasteiger partial charge in [0, 0.05) is 11.3 Å². The first kappa shape index (κ1) is 18.3. The average Bonchev–Trinajstić information content (AvgIpc) is 2.66. The summed E-state index contributed by atoms with van der Waals surface area (Å²) in [6.45, 7) is 0. The Balaban J connectivity index is 1.34. The quantitative estimate of drug-likeness (QED) is 0.306. The Labute approximate surface area is 159 Å². The number of para-hydroxylation sites is 2. The topological polar surface area (TPSA) is 55.1 Å². The van der Waals surface area contributed by atoms with E-state index in [1.54, 1.807) is 6.07 Å². The summed E-state index contributed by atoms with van der Waals surface area (Å²) in [5.41, 5.74) is 7.14. The van der Waals surface area contributed by atoms with Gasteiger partial charge in [-0.15, -0.1) is 11.8 Å². The van der Waals surface area contributed by atoms with Crippen molar-refractivity contribution in [3.63, 3.8) is 0 Å². The summed E-state index contributed by atoms with van der Waals surface area (Å²) in [5, 5.41) is 5.44. The van der Waals surface area contributed by atoms with Crippen molar-refractivity contribution in [3.8, 4) is 0 Å². The summed E-state index contributed by atoms with van der Waals surface area (Å²) in [6, 6.07) is 22.4. The van der Waals surface area contributed by atoms with Gasteiger partial charge in [0.25, 0.3) is 0 Å². The summed E-state index contributed by atoms with van der Waals surface area (Å²) >= 11 is 1.88. The van der Waals surface area contributed by atoms with Gasteiger partial charge in [0.15, 0.2) is 0 Å². The molecule has 0 aliphatic carbocycles. The van der Waals surface area contributed by atoms with Gasteiger partial charge in [-0.1, -0.05) is 48.9 Å². The lowest BCUT2D eigenvalue weighted by atomic mass is 10.1. The lowest BCUT2D eigenvalue weighted by Crippen LogP contribution is -2.12. The van der Waals surface area contributed by atoms with Crippen LogP contribution < -0.4 is 11.1 Å². The van der Waals surface area contributed by atoms with E-state index in [2.05, 4.69) is 47.8 Å². The fourth-order valence-corrected chi connectivity index (χ4v) is 3.79. The van der Waals surface area contributed by atoms with Crippen LogP contribution in [0, 0.1) is 0 Å². The zero-order valence-corrected chi connectivity index (χ0v) is 15.6. The second-order valence-electron chi connectivity index (χ2n) is 6.30. The molecule has 26 heavy (non-hydrogen) atoms. The maximum absolute atomic E-state index is 12.0. The molecule has 3 N–H and O–H groups in total. The van der Waals surface area contributed by atoms with E-state index < -0.39 is 0 Å². The van der Waals surface area contributed by atoms with Gasteiger partial charge in [0.1, 0.15) is 0 Å². The standard InChI is InChI=1S/C22H24N2OS/c23-20-10-5-6-11-21(20)24-22(25)12-2-1-7-15-26-19-14-13-17-8-3-4-9-18(17)16-19/h3-6,8-11,13-14,16H,1-2,7,12,15,23H2,(H,24,25). The van der Waals surface area contributed by atoms with Crippen LogP contribution in [0.2, 0.25) is 0 Å². The lowest BCUT2D eigenvalue weighted by Gasteiger charge is -2.07. The number of nitrogens with two attached hydrogens (primary N) is 1. The maximum atomic E-state index is 12.0. The molecule has 3 aromatic carbocycles. The van der Waals surface area contributed by atoms with Gasteiger partial charge in [-0.3, -0.25) is 4.79 Å². The number of anilines is 2. The van der Waals surface area contributed by atoms with Gasteiger partial charge in [0.2, 0.25) is 5.91 Å². The smallest absolute Gasteiger partial charge is 0.224 e. The molecular weight excluding hydrogens is 340 g/mol. The molecule has 3 nitrogen and oxygen atoms in total. The zero-order valence-electron chi connectivity index (χ0n) is 14.8. The molecule has 0 aromatic heterocycles. The van der Waals surface area contributed by atoms with E-state index in [4.69, 9.17) is 5.73 Å². The Morgan fingerprint density at radius 2 is 1.65 bits per heavy atom. The first-order chi connectivity index (χ1) is 12.7. The summed E-state index contributed by atoms with van der Waals surface area (Å²) in [6.07, 6.45) is 3.60. The Hall–Kier alpha value is -2.46. The fourth-order valence-electron chi connectivity index (χ4n) is 2.84. The molecule has 0 atom stereocenters. The second kappa shape index (κ2) is 9.30. The number of nitrogen functional groups attached to an aromatic ring is 1. The van der Waals surface area contributed by atoms with Gasteiger partial charge in [-0.25, -0.2) is 0 Å². The predicted octanol–water partition coefficient (Wildman–Crippen LogP) is 5.71. The Bertz CT molecular complexity index is 879. The maximum Gasteiger partial charge on any atom is 0.224 e. The molecule has 4 heteroatoms. The summed E-state index contributed by atoms with van der Waals surface area (Å²) in [4.78, 5) is 13.3. The highest BCUT2D eigenvalue weighted by Crippen LogP contribution is 2.24.